The van der Waals surface area contributed by atoms with Gasteiger partial charge in [0.25, 0.3) is 0 Å². The van der Waals surface area contributed by atoms with Crippen LogP contribution in [0.25, 0.3) is 0 Å². The molecule has 0 amide bonds. The van der Waals surface area contributed by atoms with Gasteiger partial charge in [-0.1, -0.05) is 172 Å². The van der Waals surface area contributed by atoms with E-state index < -0.39 is 63.1 Å². The van der Waals surface area contributed by atoms with E-state index in [-0.39, 0.29) is 13.0 Å². The van der Waals surface area contributed by atoms with Crippen LogP contribution in [0.1, 0.15) is 206 Å². The van der Waals surface area contributed by atoms with Crippen LogP contribution in [0.4, 0.5) is 0 Å². The smallest absolute Gasteiger partial charge is 0.457 e. The molecular weight excluding hydrogens is 836 g/mol. The molecule has 0 radical (unpaired) electrons. The fraction of sp³-hybridized carbons (Fsp3) is 0.824. The molecule has 0 bridgehead atoms. The number of phosphoric ester groups is 1. The third kappa shape index (κ3) is 32.9. The Morgan fingerprint density at radius 1 is 0.500 bits per heavy atom. The molecule has 1 saturated carbocycles. The summed E-state index contributed by atoms with van der Waals surface area (Å²) >= 11 is 0. The van der Waals surface area contributed by atoms with Gasteiger partial charge in [-0.3, -0.25) is 13.8 Å². The lowest BCUT2D eigenvalue weighted by molar-refractivity contribution is -0.220. The second-order valence-electron chi connectivity index (χ2n) is 17.7. The Kier molecular flexibility index (Phi) is 39.1. The zero-order chi connectivity index (χ0) is 46.9. The number of aliphatic hydroxyl groups excluding tert-OH is 5. The van der Waals surface area contributed by atoms with Gasteiger partial charge in [-0.05, 0) is 77.0 Å². The van der Waals surface area contributed by atoms with E-state index in [1.807, 2.05) is 0 Å². The molecule has 64 heavy (non-hydrogen) atoms. The Hall–Kier alpha value is -1.70. The third-order valence-corrected chi connectivity index (χ3v) is 12.7. The molecule has 1 rings (SSSR count). The Morgan fingerprint density at radius 3 is 1.34 bits per heavy atom. The third-order valence-electron chi connectivity index (χ3n) is 11.7. The van der Waals surface area contributed by atoms with E-state index in [1.165, 1.54) is 103 Å². The first-order valence-electron chi connectivity index (χ1n) is 25.5. The molecule has 1 aliphatic rings. The summed E-state index contributed by atoms with van der Waals surface area (Å²) in [5.74, 6) is -0.492. The normalized spacial score (nSPS) is 22.1. The number of hydrogen-bond donors (Lipinski definition) is 6. The SMILES string of the molecule is CCCCC/C=C\C/C=C\CCCCCCCC(=O)OC(COCCCCCCCCCCCC/C=C\C/C=C\CCCCCCC)COP(=O)(O)OC1C(O)C(O)C(O)C(O)C1O. The molecule has 0 aromatic carbocycles. The van der Waals surface area contributed by atoms with Crippen molar-refractivity contribution in [2.45, 2.75) is 249 Å². The molecule has 374 valence electrons. The molecule has 1 fully saturated rings. The van der Waals surface area contributed by atoms with E-state index in [0.717, 1.165) is 77.0 Å². The predicted octanol–water partition coefficient (Wildman–Crippen LogP) is 11.2. The Morgan fingerprint density at radius 2 is 0.875 bits per heavy atom. The fourth-order valence-electron chi connectivity index (χ4n) is 7.59. The zero-order valence-corrected chi connectivity index (χ0v) is 41.0. The van der Waals surface area contributed by atoms with Crippen molar-refractivity contribution in [3.05, 3.63) is 48.6 Å². The first-order chi connectivity index (χ1) is 31.0. The second kappa shape index (κ2) is 41.5. The summed E-state index contributed by atoms with van der Waals surface area (Å²) in [6.07, 6.45) is 38.9. The number of esters is 1. The van der Waals surface area contributed by atoms with Crippen LogP contribution in [-0.2, 0) is 27.9 Å². The number of carbonyl (C=O) groups excluding carboxylic acids is 1. The van der Waals surface area contributed by atoms with Crippen molar-refractivity contribution in [1.29, 1.82) is 0 Å². The van der Waals surface area contributed by atoms with Crippen molar-refractivity contribution < 1.29 is 58.3 Å². The van der Waals surface area contributed by atoms with Crippen molar-refractivity contribution >= 4 is 13.8 Å². The quantitative estimate of drug-likeness (QED) is 0.0147. The average Bonchev–Trinajstić information content (AvgIpc) is 3.28. The Balaban J connectivity index is 2.34. The first-order valence-corrected chi connectivity index (χ1v) is 27.0. The van der Waals surface area contributed by atoms with Gasteiger partial charge in [0.15, 0.2) is 0 Å². The number of aliphatic hydroxyl groups is 5. The number of hydrogen-bond acceptors (Lipinski definition) is 11. The lowest BCUT2D eigenvalue weighted by Crippen LogP contribution is -2.64. The number of allylic oxidation sites excluding steroid dienone is 8. The minimum atomic E-state index is -5.03. The lowest BCUT2D eigenvalue weighted by Gasteiger charge is -2.41. The summed E-state index contributed by atoms with van der Waals surface area (Å²) < 4.78 is 34.3. The number of phosphoric acid groups is 1. The van der Waals surface area contributed by atoms with Gasteiger partial charge in [-0.15, -0.1) is 0 Å². The highest BCUT2D eigenvalue weighted by atomic mass is 31.2. The molecule has 0 aromatic rings. The number of rotatable bonds is 43. The molecule has 0 aliphatic heterocycles. The van der Waals surface area contributed by atoms with E-state index in [2.05, 4.69) is 62.5 Å². The summed E-state index contributed by atoms with van der Waals surface area (Å²) in [5, 5.41) is 50.3. The van der Waals surface area contributed by atoms with Crippen LogP contribution in [0.3, 0.4) is 0 Å². The van der Waals surface area contributed by atoms with Crippen molar-refractivity contribution in [2.75, 3.05) is 19.8 Å². The molecule has 12 nitrogen and oxygen atoms in total. The molecular formula is C51H93O12P. The van der Waals surface area contributed by atoms with Crippen LogP contribution in [-0.4, -0.2) is 98.9 Å². The van der Waals surface area contributed by atoms with Crippen LogP contribution in [0.15, 0.2) is 48.6 Å². The van der Waals surface area contributed by atoms with Crippen LogP contribution < -0.4 is 0 Å². The summed E-state index contributed by atoms with van der Waals surface area (Å²) in [7, 11) is -5.03. The van der Waals surface area contributed by atoms with Crippen molar-refractivity contribution in [1.82, 2.24) is 0 Å². The maximum Gasteiger partial charge on any atom is 0.472 e. The van der Waals surface area contributed by atoms with Gasteiger partial charge in [0.1, 0.15) is 42.7 Å². The van der Waals surface area contributed by atoms with Gasteiger partial charge < -0.3 is 39.9 Å². The van der Waals surface area contributed by atoms with E-state index in [4.69, 9.17) is 18.5 Å². The van der Waals surface area contributed by atoms with Crippen LogP contribution in [0, 0.1) is 0 Å². The molecule has 0 spiro atoms. The summed E-state index contributed by atoms with van der Waals surface area (Å²) in [6, 6.07) is 0. The van der Waals surface area contributed by atoms with Gasteiger partial charge in [0.05, 0.1) is 13.2 Å². The highest BCUT2D eigenvalue weighted by molar-refractivity contribution is 7.47. The molecule has 1 aliphatic carbocycles. The molecule has 6 N–H and O–H groups in total. The molecule has 6 unspecified atom stereocenters. The fourth-order valence-corrected chi connectivity index (χ4v) is 8.57. The van der Waals surface area contributed by atoms with E-state index >= 15 is 0 Å². The van der Waals surface area contributed by atoms with Crippen molar-refractivity contribution in [2.24, 2.45) is 0 Å². The Bertz CT molecular complexity index is 1240. The average molecular weight is 929 g/mol. The van der Waals surface area contributed by atoms with Crippen molar-refractivity contribution in [3.63, 3.8) is 0 Å². The van der Waals surface area contributed by atoms with E-state index in [1.54, 1.807) is 0 Å². The minimum absolute atomic E-state index is 0.0850. The zero-order valence-electron chi connectivity index (χ0n) is 40.1. The maximum absolute atomic E-state index is 12.8. The largest absolute Gasteiger partial charge is 0.472 e. The second-order valence-corrected chi connectivity index (χ2v) is 19.1. The van der Waals surface area contributed by atoms with Gasteiger partial charge in [0, 0.05) is 13.0 Å². The van der Waals surface area contributed by atoms with Crippen LogP contribution in [0.2, 0.25) is 0 Å². The number of unbranched alkanes of at least 4 members (excludes halogenated alkanes) is 23. The first kappa shape index (κ1) is 60.3. The molecule has 0 saturated heterocycles. The van der Waals surface area contributed by atoms with Crippen LogP contribution >= 0.6 is 7.82 Å². The molecule has 0 heterocycles. The summed E-state index contributed by atoms with van der Waals surface area (Å²) in [6.45, 7) is 4.21. The maximum atomic E-state index is 12.8. The number of carbonyl (C=O) groups is 1. The topological polar surface area (TPSA) is 192 Å². The standard InChI is InChI=1S/C51H93O12P/c1-3-5-7-9-11-13-15-17-19-20-21-22-23-24-25-27-29-31-33-35-37-39-41-60-42-44(43-61-64(58,59)63-51-49(56)47(54)46(53)48(55)50(51)57)62-45(52)40-38-36-34-32-30-28-26-18-16-14-12-10-8-6-4-2/h12,14-15,17-18,20-21,26,44,46-51,53-57H,3-11,13,16,19,22-25,27-43H2,1-2H3,(H,58,59)/b14-12-,17-15-,21-20-,26-18-. The Labute approximate surface area is 388 Å². The highest BCUT2D eigenvalue weighted by Gasteiger charge is 2.51. The monoisotopic (exact) mass is 929 g/mol. The van der Waals surface area contributed by atoms with Crippen molar-refractivity contribution in [3.8, 4) is 0 Å². The molecule has 0 aromatic heterocycles. The highest BCUT2D eigenvalue weighted by Crippen LogP contribution is 2.47. The minimum Gasteiger partial charge on any atom is -0.457 e. The number of ether oxygens (including phenoxy) is 2. The van der Waals surface area contributed by atoms with Gasteiger partial charge in [-0.25, -0.2) is 4.57 Å². The predicted molar refractivity (Wildman–Crippen MR) is 258 cm³/mol. The van der Waals surface area contributed by atoms with E-state index in [0.29, 0.717) is 13.0 Å². The summed E-state index contributed by atoms with van der Waals surface area (Å²) in [4.78, 5) is 23.2. The van der Waals surface area contributed by atoms with Crippen LogP contribution in [0.5, 0.6) is 0 Å². The summed E-state index contributed by atoms with van der Waals surface area (Å²) in [5.41, 5.74) is 0. The van der Waals surface area contributed by atoms with Gasteiger partial charge in [0.2, 0.25) is 0 Å². The molecule has 6 atom stereocenters. The molecule has 13 heteroatoms. The van der Waals surface area contributed by atoms with E-state index in [9.17, 15) is 39.8 Å². The van der Waals surface area contributed by atoms with Gasteiger partial charge in [-0.2, -0.15) is 0 Å². The lowest BCUT2D eigenvalue weighted by atomic mass is 9.85. The van der Waals surface area contributed by atoms with Gasteiger partial charge >= 0.3 is 13.8 Å².